The molecule has 0 radical (unpaired) electrons. The van der Waals surface area contributed by atoms with Crippen LogP contribution >= 0.6 is 7.60 Å². The Balaban J connectivity index is 3.14. The van der Waals surface area contributed by atoms with Gasteiger partial charge in [-0.05, 0) is 12.8 Å². The fraction of sp³-hybridized carbons (Fsp3) is 0.950. The summed E-state index contributed by atoms with van der Waals surface area (Å²) < 4.78 is 21.7. The van der Waals surface area contributed by atoms with Crippen LogP contribution in [0.3, 0.4) is 0 Å². The van der Waals surface area contributed by atoms with Crippen molar-refractivity contribution in [2.45, 2.75) is 103 Å². The Morgan fingerprint density at radius 1 is 0.600 bits per heavy atom. The maximum absolute atomic E-state index is 11.9. The average Bonchev–Trinajstić information content (AvgIpc) is 2.64. The molecule has 4 nitrogen and oxygen atoms in total. The van der Waals surface area contributed by atoms with Gasteiger partial charge in [-0.25, -0.2) is 0 Å². The first-order valence-electron chi connectivity index (χ1n) is 10.3. The lowest BCUT2D eigenvalue weighted by atomic mass is 10.0. The number of carbonyl (C=O) groups excluding carboxylic acids is 1. The van der Waals surface area contributed by atoms with Gasteiger partial charge in [-0.2, -0.15) is 0 Å². The molecule has 0 spiro atoms. The van der Waals surface area contributed by atoms with Crippen LogP contribution in [0.25, 0.3) is 0 Å². The van der Waals surface area contributed by atoms with Crippen LogP contribution in [0.4, 0.5) is 0 Å². The molecule has 150 valence electrons. The van der Waals surface area contributed by atoms with Crippen LogP contribution in [0.15, 0.2) is 0 Å². The molecule has 0 fully saturated rings. The van der Waals surface area contributed by atoms with E-state index in [4.69, 9.17) is 9.05 Å². The van der Waals surface area contributed by atoms with Gasteiger partial charge in [0, 0.05) is 20.6 Å². The molecule has 0 heterocycles. The maximum atomic E-state index is 11.9. The Labute approximate surface area is 156 Å². The highest BCUT2D eigenvalue weighted by atomic mass is 31.2. The van der Waals surface area contributed by atoms with Gasteiger partial charge in [0.15, 0.2) is 0 Å². The zero-order chi connectivity index (χ0) is 18.6. The first kappa shape index (κ1) is 24.8. The van der Waals surface area contributed by atoms with Crippen LogP contribution in [0.5, 0.6) is 0 Å². The van der Waals surface area contributed by atoms with Crippen LogP contribution in [-0.4, -0.2) is 26.7 Å². The van der Waals surface area contributed by atoms with Crippen LogP contribution < -0.4 is 0 Å². The van der Waals surface area contributed by atoms with Gasteiger partial charge >= 0.3 is 7.60 Å². The minimum atomic E-state index is -2.78. The van der Waals surface area contributed by atoms with E-state index in [0.29, 0.717) is 6.16 Å². The summed E-state index contributed by atoms with van der Waals surface area (Å²) in [6.45, 7) is 0. The third-order valence-corrected chi connectivity index (χ3v) is 6.79. The number of aldehydes is 1. The van der Waals surface area contributed by atoms with Crippen LogP contribution in [0.2, 0.25) is 0 Å². The predicted octanol–water partition coefficient (Wildman–Crippen LogP) is 6.91. The smallest absolute Gasteiger partial charge is 0.312 e. The number of unbranched alkanes of at least 4 members (excludes halogenated alkanes) is 15. The first-order chi connectivity index (χ1) is 12.2. The van der Waals surface area contributed by atoms with E-state index in [2.05, 4.69) is 0 Å². The Hall–Kier alpha value is -0.180. The Morgan fingerprint density at radius 3 is 1.24 bits per heavy atom. The molecule has 0 saturated carbocycles. The molecule has 0 bridgehead atoms. The maximum Gasteiger partial charge on any atom is 0.330 e. The van der Waals surface area contributed by atoms with E-state index in [-0.39, 0.29) is 0 Å². The Kier molecular flexibility index (Phi) is 18.5. The molecule has 0 aliphatic rings. The molecule has 0 aliphatic carbocycles. The van der Waals surface area contributed by atoms with E-state index in [1.165, 1.54) is 91.3 Å². The summed E-state index contributed by atoms with van der Waals surface area (Å²) >= 11 is 0. The van der Waals surface area contributed by atoms with E-state index in [0.717, 1.165) is 32.0 Å². The molecule has 0 aromatic carbocycles. The largest absolute Gasteiger partial charge is 0.330 e. The lowest BCUT2D eigenvalue weighted by Gasteiger charge is -2.12. The van der Waals surface area contributed by atoms with Crippen molar-refractivity contribution in [2.24, 2.45) is 0 Å². The second kappa shape index (κ2) is 18.6. The molecular weight excluding hydrogens is 335 g/mol. The Bertz CT molecular complexity index is 326. The molecule has 0 unspecified atom stereocenters. The second-order valence-corrected chi connectivity index (χ2v) is 9.36. The lowest BCUT2D eigenvalue weighted by molar-refractivity contribution is -0.107. The third kappa shape index (κ3) is 17.0. The summed E-state index contributed by atoms with van der Waals surface area (Å²) in [4.78, 5) is 10.2. The number of hydrogen-bond donors (Lipinski definition) is 0. The molecule has 5 heteroatoms. The van der Waals surface area contributed by atoms with Crippen LogP contribution in [-0.2, 0) is 18.4 Å². The molecule has 0 rings (SSSR count). The summed E-state index contributed by atoms with van der Waals surface area (Å²) in [5.41, 5.74) is 0. The van der Waals surface area contributed by atoms with Crippen molar-refractivity contribution in [3.05, 3.63) is 0 Å². The zero-order valence-electron chi connectivity index (χ0n) is 16.7. The monoisotopic (exact) mass is 376 g/mol. The summed E-state index contributed by atoms with van der Waals surface area (Å²) in [6, 6.07) is 0. The quantitative estimate of drug-likeness (QED) is 0.132. The van der Waals surface area contributed by atoms with Gasteiger partial charge in [0.25, 0.3) is 0 Å². The zero-order valence-corrected chi connectivity index (χ0v) is 17.6. The van der Waals surface area contributed by atoms with Gasteiger partial charge in [-0.15, -0.1) is 0 Å². The van der Waals surface area contributed by atoms with Crippen LogP contribution in [0.1, 0.15) is 103 Å². The van der Waals surface area contributed by atoms with E-state index in [9.17, 15) is 9.36 Å². The van der Waals surface area contributed by atoms with Crippen molar-refractivity contribution < 1.29 is 18.4 Å². The SMILES string of the molecule is COP(=O)(CCCCCCCCCCCCCCCCCC=O)OC. The predicted molar refractivity (Wildman–Crippen MR) is 106 cm³/mol. The van der Waals surface area contributed by atoms with Gasteiger partial charge in [0.1, 0.15) is 6.29 Å². The molecular formula is C20H41O4P. The van der Waals surface area contributed by atoms with Gasteiger partial charge in [0.05, 0.1) is 6.16 Å². The van der Waals surface area contributed by atoms with Gasteiger partial charge in [0.2, 0.25) is 0 Å². The van der Waals surface area contributed by atoms with Gasteiger partial charge in [-0.1, -0.05) is 83.5 Å². The van der Waals surface area contributed by atoms with Gasteiger partial charge in [-0.3, -0.25) is 4.57 Å². The number of carbonyl (C=O) groups is 1. The normalized spacial score (nSPS) is 11.8. The molecule has 0 aliphatic heterocycles. The molecule has 0 N–H and O–H groups in total. The third-order valence-electron chi connectivity index (χ3n) is 4.81. The van der Waals surface area contributed by atoms with Crippen molar-refractivity contribution in [2.75, 3.05) is 20.4 Å². The van der Waals surface area contributed by atoms with Crippen molar-refractivity contribution in [1.29, 1.82) is 0 Å². The molecule has 25 heavy (non-hydrogen) atoms. The van der Waals surface area contributed by atoms with Crippen molar-refractivity contribution in [3.63, 3.8) is 0 Å². The first-order valence-corrected chi connectivity index (χ1v) is 12.1. The summed E-state index contributed by atoms with van der Waals surface area (Å²) in [5, 5.41) is 0. The van der Waals surface area contributed by atoms with Crippen molar-refractivity contribution in [3.8, 4) is 0 Å². The molecule has 0 amide bonds. The van der Waals surface area contributed by atoms with E-state index < -0.39 is 7.60 Å². The van der Waals surface area contributed by atoms with Gasteiger partial charge < -0.3 is 13.8 Å². The standard InChI is InChI=1S/C20H41O4P/c1-23-25(22,24-2)20-18-16-14-12-10-8-6-4-3-5-7-9-11-13-15-17-19-21/h19H,3-18,20H2,1-2H3. The number of hydrogen-bond acceptors (Lipinski definition) is 4. The van der Waals surface area contributed by atoms with E-state index >= 15 is 0 Å². The van der Waals surface area contributed by atoms with Crippen molar-refractivity contribution in [1.82, 2.24) is 0 Å². The fourth-order valence-corrected chi connectivity index (χ4v) is 4.21. The minimum Gasteiger partial charge on any atom is -0.312 e. The van der Waals surface area contributed by atoms with Crippen LogP contribution in [0, 0.1) is 0 Å². The molecule has 0 atom stereocenters. The number of rotatable bonds is 20. The van der Waals surface area contributed by atoms with Crippen molar-refractivity contribution >= 4 is 13.9 Å². The molecule has 0 saturated heterocycles. The summed E-state index contributed by atoms with van der Waals surface area (Å²) in [7, 11) is 0.132. The summed E-state index contributed by atoms with van der Waals surface area (Å²) in [5.74, 6) is 0. The average molecular weight is 377 g/mol. The highest BCUT2D eigenvalue weighted by Crippen LogP contribution is 2.47. The van der Waals surface area contributed by atoms with E-state index in [1.807, 2.05) is 0 Å². The van der Waals surface area contributed by atoms with E-state index in [1.54, 1.807) is 0 Å². The molecule has 0 aromatic heterocycles. The highest BCUT2D eigenvalue weighted by Gasteiger charge is 2.19. The summed E-state index contributed by atoms with van der Waals surface area (Å²) in [6.07, 6.45) is 21.3. The second-order valence-electron chi connectivity index (χ2n) is 6.96. The Morgan fingerprint density at radius 2 is 0.920 bits per heavy atom. The topological polar surface area (TPSA) is 52.6 Å². The lowest BCUT2D eigenvalue weighted by Crippen LogP contribution is -1.94. The fourth-order valence-electron chi connectivity index (χ4n) is 3.09. The molecule has 0 aromatic rings. The highest BCUT2D eigenvalue weighted by molar-refractivity contribution is 7.53. The minimum absolute atomic E-state index is 0.539.